The minimum absolute atomic E-state index is 0.123. The average molecular weight is 450 g/mol. The van der Waals surface area contributed by atoms with Crippen molar-refractivity contribution in [1.29, 1.82) is 0 Å². The number of carbonyl (C=O) groups excluding carboxylic acids is 1. The molecule has 0 bridgehead atoms. The molecule has 7 nitrogen and oxygen atoms in total. The van der Waals surface area contributed by atoms with Crippen molar-refractivity contribution in [3.8, 4) is 10.7 Å². The molecule has 30 heavy (non-hydrogen) atoms. The number of hydrogen-bond donors (Lipinski definition) is 1. The van der Waals surface area contributed by atoms with Crippen molar-refractivity contribution in [3.05, 3.63) is 22.3 Å². The lowest BCUT2D eigenvalue weighted by Crippen LogP contribution is -2.49. The normalized spacial score (nSPS) is 24.8. The number of nitrogens with one attached hydrogen (secondary N) is 1. The van der Waals surface area contributed by atoms with Crippen LogP contribution in [0.2, 0.25) is 0 Å². The van der Waals surface area contributed by atoms with Crippen LogP contribution >= 0.6 is 23.6 Å². The van der Waals surface area contributed by atoms with Gasteiger partial charge in [-0.1, -0.05) is 6.07 Å². The maximum absolute atomic E-state index is 13.2. The molecule has 1 N–H and O–H groups in total. The highest BCUT2D eigenvalue weighted by Crippen LogP contribution is 2.28. The van der Waals surface area contributed by atoms with Crippen LogP contribution in [0.1, 0.15) is 39.7 Å². The molecule has 4 heterocycles. The lowest BCUT2D eigenvalue weighted by Gasteiger charge is -2.40. The van der Waals surface area contributed by atoms with Gasteiger partial charge in [-0.3, -0.25) is 19.4 Å². The number of morpholine rings is 1. The van der Waals surface area contributed by atoms with Gasteiger partial charge >= 0.3 is 0 Å². The van der Waals surface area contributed by atoms with E-state index in [2.05, 4.69) is 28.9 Å². The van der Waals surface area contributed by atoms with Crippen molar-refractivity contribution < 1.29 is 9.53 Å². The number of ether oxygens (including phenoxy) is 1. The molecule has 0 aromatic carbocycles. The largest absolute Gasteiger partial charge is 0.373 e. The van der Waals surface area contributed by atoms with Crippen LogP contribution in [0.3, 0.4) is 0 Å². The van der Waals surface area contributed by atoms with E-state index in [1.165, 1.54) is 0 Å². The number of piperidine rings is 1. The first-order valence-electron chi connectivity index (χ1n) is 10.8. The second-order valence-electron chi connectivity index (χ2n) is 8.62. The van der Waals surface area contributed by atoms with Gasteiger partial charge in [-0.2, -0.15) is 5.10 Å². The monoisotopic (exact) mass is 449 g/mol. The Balaban J connectivity index is 1.36. The fraction of sp³-hybridized carbons (Fsp3) is 0.667. The molecule has 0 aliphatic carbocycles. The Morgan fingerprint density at radius 3 is 2.67 bits per heavy atom. The molecule has 2 aromatic rings. The molecule has 2 saturated heterocycles. The summed E-state index contributed by atoms with van der Waals surface area (Å²) >= 11 is 7.03. The van der Waals surface area contributed by atoms with Crippen molar-refractivity contribution in [1.82, 2.24) is 24.6 Å². The van der Waals surface area contributed by atoms with Gasteiger partial charge in [-0.15, -0.1) is 11.3 Å². The summed E-state index contributed by atoms with van der Waals surface area (Å²) < 4.78 is 8.19. The molecule has 0 radical (unpaired) electrons. The van der Waals surface area contributed by atoms with Gasteiger partial charge in [0.15, 0.2) is 10.6 Å². The van der Waals surface area contributed by atoms with Crippen molar-refractivity contribution in [2.24, 2.45) is 5.92 Å². The van der Waals surface area contributed by atoms with Crippen LogP contribution in [-0.2, 0) is 9.53 Å². The topological polar surface area (TPSA) is 66.4 Å². The fourth-order valence-corrected chi connectivity index (χ4v) is 5.75. The van der Waals surface area contributed by atoms with Crippen LogP contribution in [0, 0.1) is 10.7 Å². The molecule has 164 valence electrons. The number of thiophene rings is 1. The number of aromatic amines is 1. The fourth-order valence-electron chi connectivity index (χ4n) is 4.75. The molecule has 2 fully saturated rings. The minimum atomic E-state index is -0.370. The van der Waals surface area contributed by atoms with Gasteiger partial charge in [0.1, 0.15) is 6.04 Å². The molecule has 9 heteroatoms. The van der Waals surface area contributed by atoms with Crippen LogP contribution in [0.15, 0.2) is 17.5 Å². The van der Waals surface area contributed by atoms with E-state index in [-0.39, 0.29) is 11.9 Å². The zero-order valence-corrected chi connectivity index (χ0v) is 19.5. The number of aromatic nitrogens is 3. The molecule has 0 saturated carbocycles. The Labute approximate surface area is 187 Å². The summed E-state index contributed by atoms with van der Waals surface area (Å²) in [5.74, 6) is 1.50. The number of nitrogens with zero attached hydrogens (tertiary/aromatic N) is 4. The number of carbonyl (C=O) groups is 1. The Hall–Kier alpha value is -1.55. The zero-order chi connectivity index (χ0) is 21.3. The van der Waals surface area contributed by atoms with E-state index in [0.29, 0.717) is 22.9 Å². The van der Waals surface area contributed by atoms with Gasteiger partial charge in [0, 0.05) is 32.7 Å². The standard InChI is InChI=1S/C21H31N5O2S2/c1-14-11-24(12-15(2)28-14)13-17-6-8-25(9-7-17)20(27)16(3)26-19(22-23-21(26)29)18-5-4-10-30-18/h4-5,10,14-17H,6-9,11-13H2,1-3H3,(H,23,29). The second kappa shape index (κ2) is 9.30. The second-order valence-corrected chi connectivity index (χ2v) is 9.95. The van der Waals surface area contributed by atoms with Crippen molar-refractivity contribution in [2.45, 2.75) is 51.9 Å². The molecule has 2 aromatic heterocycles. The third-order valence-electron chi connectivity index (χ3n) is 6.13. The summed E-state index contributed by atoms with van der Waals surface area (Å²) in [6.07, 6.45) is 2.70. The van der Waals surface area contributed by atoms with E-state index < -0.39 is 0 Å². The van der Waals surface area contributed by atoms with Gasteiger partial charge in [0.2, 0.25) is 5.91 Å². The van der Waals surface area contributed by atoms with E-state index in [4.69, 9.17) is 17.0 Å². The molecule has 3 unspecified atom stereocenters. The highest BCUT2D eigenvalue weighted by atomic mass is 32.1. The number of likely N-dealkylation sites (tertiary alicyclic amines) is 1. The Morgan fingerprint density at radius 2 is 2.03 bits per heavy atom. The van der Waals surface area contributed by atoms with Gasteiger partial charge in [0.05, 0.1) is 17.1 Å². The Morgan fingerprint density at radius 1 is 1.33 bits per heavy atom. The number of H-pyrrole nitrogens is 1. The molecule has 0 spiro atoms. The lowest BCUT2D eigenvalue weighted by atomic mass is 9.95. The molecule has 2 aliphatic rings. The highest BCUT2D eigenvalue weighted by molar-refractivity contribution is 7.71. The van der Waals surface area contributed by atoms with Crippen molar-refractivity contribution >= 4 is 29.5 Å². The maximum Gasteiger partial charge on any atom is 0.245 e. The van der Waals surface area contributed by atoms with E-state index in [0.717, 1.165) is 56.3 Å². The van der Waals surface area contributed by atoms with Gasteiger partial charge < -0.3 is 9.64 Å². The first kappa shape index (κ1) is 21.7. The highest BCUT2D eigenvalue weighted by Gasteiger charge is 2.31. The van der Waals surface area contributed by atoms with Gasteiger partial charge in [0.25, 0.3) is 0 Å². The number of amides is 1. The lowest BCUT2D eigenvalue weighted by molar-refractivity contribution is -0.136. The summed E-state index contributed by atoms with van der Waals surface area (Å²) in [6.45, 7) is 11.0. The SMILES string of the molecule is CC1CN(CC2CCN(C(=O)C(C)n3c(-c4cccs4)n[nH]c3=S)CC2)CC(C)O1. The Kier molecular flexibility index (Phi) is 6.72. The van der Waals surface area contributed by atoms with Crippen LogP contribution in [-0.4, -0.2) is 75.4 Å². The summed E-state index contributed by atoms with van der Waals surface area (Å²) in [4.78, 5) is 18.8. The predicted molar refractivity (Wildman–Crippen MR) is 121 cm³/mol. The third-order valence-corrected chi connectivity index (χ3v) is 7.28. The third kappa shape index (κ3) is 4.69. The Bertz CT molecular complexity index is 891. The van der Waals surface area contributed by atoms with Crippen LogP contribution in [0.25, 0.3) is 10.7 Å². The maximum atomic E-state index is 13.2. The number of rotatable bonds is 5. The molecular formula is C21H31N5O2S2. The minimum Gasteiger partial charge on any atom is -0.373 e. The van der Waals surface area contributed by atoms with Crippen LogP contribution in [0.4, 0.5) is 0 Å². The van der Waals surface area contributed by atoms with Gasteiger partial charge in [-0.05, 0) is 63.2 Å². The van der Waals surface area contributed by atoms with Crippen LogP contribution in [0.5, 0.6) is 0 Å². The van der Waals surface area contributed by atoms with Gasteiger partial charge in [-0.25, -0.2) is 0 Å². The van der Waals surface area contributed by atoms with E-state index in [9.17, 15) is 4.79 Å². The van der Waals surface area contributed by atoms with Crippen LogP contribution < -0.4 is 0 Å². The summed E-state index contributed by atoms with van der Waals surface area (Å²) in [6, 6.07) is 3.61. The molecule has 3 atom stereocenters. The number of hydrogen-bond acceptors (Lipinski definition) is 6. The van der Waals surface area contributed by atoms with E-state index >= 15 is 0 Å². The predicted octanol–water partition coefficient (Wildman–Crippen LogP) is 3.58. The molecule has 1 amide bonds. The van der Waals surface area contributed by atoms with E-state index in [1.54, 1.807) is 11.3 Å². The smallest absolute Gasteiger partial charge is 0.245 e. The summed E-state index contributed by atoms with van der Waals surface area (Å²) in [5, 5.41) is 9.23. The van der Waals surface area contributed by atoms with E-state index in [1.807, 2.05) is 33.9 Å². The van der Waals surface area contributed by atoms with Crippen molar-refractivity contribution in [3.63, 3.8) is 0 Å². The molecular weight excluding hydrogens is 418 g/mol. The molecule has 4 rings (SSSR count). The average Bonchev–Trinajstić information content (AvgIpc) is 3.36. The first-order valence-corrected chi connectivity index (χ1v) is 12.1. The quantitative estimate of drug-likeness (QED) is 0.707. The van der Waals surface area contributed by atoms with Crippen molar-refractivity contribution in [2.75, 3.05) is 32.7 Å². The summed E-state index contributed by atoms with van der Waals surface area (Å²) in [5.41, 5.74) is 0. The molecule has 2 aliphatic heterocycles. The summed E-state index contributed by atoms with van der Waals surface area (Å²) in [7, 11) is 0. The first-order chi connectivity index (χ1) is 14.4. The zero-order valence-electron chi connectivity index (χ0n) is 17.9.